The molecule has 1 saturated heterocycles. The monoisotopic (exact) mass is 303 g/mol. The molecule has 0 spiro atoms. The van der Waals surface area contributed by atoms with Crippen LogP contribution in [0.3, 0.4) is 0 Å². The minimum absolute atomic E-state index is 0.398. The van der Waals surface area contributed by atoms with Gasteiger partial charge in [0.15, 0.2) is 0 Å². The van der Waals surface area contributed by atoms with E-state index in [0.717, 1.165) is 18.7 Å². The highest BCUT2D eigenvalue weighted by atomic mass is 16.5. The van der Waals surface area contributed by atoms with Crippen molar-refractivity contribution in [3.63, 3.8) is 0 Å². The van der Waals surface area contributed by atoms with Crippen LogP contribution in [0.25, 0.3) is 0 Å². The molecule has 1 aromatic heterocycles. The first-order valence-electron chi connectivity index (χ1n) is 7.32. The van der Waals surface area contributed by atoms with Gasteiger partial charge in [-0.05, 0) is 24.3 Å². The summed E-state index contributed by atoms with van der Waals surface area (Å²) < 4.78 is 12.5. The van der Waals surface area contributed by atoms with Crippen LogP contribution in [0, 0.1) is 0 Å². The van der Waals surface area contributed by atoms with Crippen molar-refractivity contribution >= 4 is 0 Å². The Labute approximate surface area is 129 Å². The van der Waals surface area contributed by atoms with Crippen LogP contribution in [0.5, 0.6) is 11.5 Å². The fourth-order valence-corrected chi connectivity index (χ4v) is 2.80. The third kappa shape index (κ3) is 2.93. The van der Waals surface area contributed by atoms with E-state index in [1.807, 2.05) is 35.1 Å². The summed E-state index contributed by atoms with van der Waals surface area (Å²) in [5.41, 5.74) is 0.754. The SMILES string of the molecule is COc1ccc(OC)c([C@H](O)CN2CC(n3cccn3)C2)c1. The van der Waals surface area contributed by atoms with E-state index < -0.39 is 6.10 Å². The zero-order valence-corrected chi connectivity index (χ0v) is 12.8. The summed E-state index contributed by atoms with van der Waals surface area (Å²) in [7, 11) is 3.22. The van der Waals surface area contributed by atoms with Gasteiger partial charge in [0, 0.05) is 37.6 Å². The second kappa shape index (κ2) is 6.37. The second-order valence-electron chi connectivity index (χ2n) is 5.48. The Morgan fingerprint density at radius 2 is 2.14 bits per heavy atom. The summed E-state index contributed by atoms with van der Waals surface area (Å²) in [6, 6.07) is 7.80. The van der Waals surface area contributed by atoms with E-state index in [1.165, 1.54) is 0 Å². The molecule has 22 heavy (non-hydrogen) atoms. The normalized spacial score (nSPS) is 17.0. The lowest BCUT2D eigenvalue weighted by molar-refractivity contribution is 0.0391. The molecule has 1 aromatic carbocycles. The van der Waals surface area contributed by atoms with Gasteiger partial charge in [0.2, 0.25) is 0 Å². The smallest absolute Gasteiger partial charge is 0.124 e. The van der Waals surface area contributed by atoms with Crippen molar-refractivity contribution in [2.24, 2.45) is 0 Å². The summed E-state index contributed by atoms with van der Waals surface area (Å²) in [5.74, 6) is 1.39. The first-order chi connectivity index (χ1) is 10.7. The summed E-state index contributed by atoms with van der Waals surface area (Å²) in [6.45, 7) is 2.36. The summed E-state index contributed by atoms with van der Waals surface area (Å²) in [6.07, 6.45) is 3.16. The van der Waals surface area contributed by atoms with Gasteiger partial charge in [-0.2, -0.15) is 5.10 Å². The quantitative estimate of drug-likeness (QED) is 0.876. The van der Waals surface area contributed by atoms with Gasteiger partial charge in [-0.15, -0.1) is 0 Å². The number of likely N-dealkylation sites (tertiary alicyclic amines) is 1. The lowest BCUT2D eigenvalue weighted by Gasteiger charge is -2.40. The van der Waals surface area contributed by atoms with E-state index in [0.29, 0.717) is 24.1 Å². The Morgan fingerprint density at radius 3 is 2.77 bits per heavy atom. The average molecular weight is 303 g/mol. The molecule has 0 radical (unpaired) electrons. The van der Waals surface area contributed by atoms with Gasteiger partial charge in [-0.1, -0.05) is 0 Å². The van der Waals surface area contributed by atoms with Gasteiger partial charge >= 0.3 is 0 Å². The maximum atomic E-state index is 10.5. The molecule has 6 nitrogen and oxygen atoms in total. The number of methoxy groups -OCH3 is 2. The lowest BCUT2D eigenvalue weighted by atomic mass is 10.0. The van der Waals surface area contributed by atoms with Crippen molar-refractivity contribution in [3.8, 4) is 11.5 Å². The predicted octanol–water partition coefficient (Wildman–Crippen LogP) is 1.49. The predicted molar refractivity (Wildman–Crippen MR) is 82.2 cm³/mol. The molecule has 0 amide bonds. The molecule has 0 unspecified atom stereocenters. The number of nitrogens with zero attached hydrogens (tertiary/aromatic N) is 3. The second-order valence-corrected chi connectivity index (χ2v) is 5.48. The number of hydrogen-bond donors (Lipinski definition) is 1. The Hall–Kier alpha value is -2.05. The van der Waals surface area contributed by atoms with Crippen molar-refractivity contribution in [2.75, 3.05) is 33.9 Å². The van der Waals surface area contributed by atoms with Crippen molar-refractivity contribution < 1.29 is 14.6 Å². The largest absolute Gasteiger partial charge is 0.497 e. The van der Waals surface area contributed by atoms with Crippen LogP contribution in [0.15, 0.2) is 36.7 Å². The highest BCUT2D eigenvalue weighted by Gasteiger charge is 2.30. The summed E-state index contributed by atoms with van der Waals surface area (Å²) >= 11 is 0. The molecule has 118 valence electrons. The highest BCUT2D eigenvalue weighted by Crippen LogP contribution is 2.31. The number of aliphatic hydroxyl groups excluding tert-OH is 1. The van der Waals surface area contributed by atoms with E-state index >= 15 is 0 Å². The van der Waals surface area contributed by atoms with Gasteiger partial charge in [0.1, 0.15) is 11.5 Å². The molecule has 3 rings (SSSR count). The molecular weight excluding hydrogens is 282 g/mol. The van der Waals surface area contributed by atoms with Gasteiger partial charge < -0.3 is 14.6 Å². The van der Waals surface area contributed by atoms with Crippen molar-refractivity contribution in [1.29, 1.82) is 0 Å². The number of β-amino-alcohol motifs (C(OH)–C–C–N with tert-alkyl or cyclic N) is 1. The Kier molecular flexibility index (Phi) is 4.31. The van der Waals surface area contributed by atoms with Crippen molar-refractivity contribution in [2.45, 2.75) is 12.1 Å². The average Bonchev–Trinajstić information content (AvgIpc) is 3.03. The molecule has 0 aliphatic carbocycles. The molecule has 0 bridgehead atoms. The number of benzene rings is 1. The summed E-state index contributed by atoms with van der Waals surface area (Å²) in [4.78, 5) is 2.20. The van der Waals surface area contributed by atoms with Gasteiger partial charge in [0.25, 0.3) is 0 Å². The summed E-state index contributed by atoms with van der Waals surface area (Å²) in [5, 5.41) is 14.8. The number of rotatable bonds is 6. The van der Waals surface area contributed by atoms with Crippen molar-refractivity contribution in [1.82, 2.24) is 14.7 Å². The first kappa shape index (κ1) is 14.9. The maximum Gasteiger partial charge on any atom is 0.124 e. The molecule has 1 aliphatic rings. The van der Waals surface area contributed by atoms with E-state index in [2.05, 4.69) is 10.00 Å². The standard InChI is InChI=1S/C16H21N3O3/c1-21-13-4-5-16(22-2)14(8-13)15(20)11-18-9-12(10-18)19-7-3-6-17-19/h3-8,12,15,20H,9-11H2,1-2H3/t15-/m1/s1. The number of ether oxygens (including phenoxy) is 2. The van der Waals surface area contributed by atoms with Crippen molar-refractivity contribution in [3.05, 3.63) is 42.2 Å². The van der Waals surface area contributed by atoms with E-state index in [4.69, 9.17) is 9.47 Å². The molecule has 2 aromatic rings. The van der Waals surface area contributed by atoms with Crippen LogP contribution < -0.4 is 9.47 Å². The zero-order valence-electron chi connectivity index (χ0n) is 12.8. The molecule has 1 fully saturated rings. The topological polar surface area (TPSA) is 59.8 Å². The molecule has 6 heteroatoms. The van der Waals surface area contributed by atoms with Gasteiger partial charge in [0.05, 0.1) is 26.4 Å². The molecule has 1 N–H and O–H groups in total. The van der Waals surface area contributed by atoms with Crippen LogP contribution in [0.1, 0.15) is 17.7 Å². The van der Waals surface area contributed by atoms with Crippen LogP contribution in [0.2, 0.25) is 0 Å². The number of aliphatic hydroxyl groups is 1. The maximum absolute atomic E-state index is 10.5. The molecule has 1 aliphatic heterocycles. The van der Waals surface area contributed by atoms with Gasteiger partial charge in [-0.25, -0.2) is 0 Å². The fourth-order valence-electron chi connectivity index (χ4n) is 2.80. The van der Waals surface area contributed by atoms with E-state index in [-0.39, 0.29) is 0 Å². The molecule has 1 atom stereocenters. The van der Waals surface area contributed by atoms with Crippen LogP contribution in [-0.2, 0) is 0 Å². The van der Waals surface area contributed by atoms with Crippen LogP contribution >= 0.6 is 0 Å². The lowest BCUT2D eigenvalue weighted by Crippen LogP contribution is -2.49. The molecule has 2 heterocycles. The molecular formula is C16H21N3O3. The van der Waals surface area contributed by atoms with E-state index in [9.17, 15) is 5.11 Å². The zero-order chi connectivity index (χ0) is 15.5. The third-order valence-electron chi connectivity index (χ3n) is 4.06. The third-order valence-corrected chi connectivity index (χ3v) is 4.06. The van der Waals surface area contributed by atoms with Gasteiger partial charge in [-0.3, -0.25) is 9.58 Å². The van der Waals surface area contributed by atoms with Crippen LogP contribution in [-0.4, -0.2) is 53.6 Å². The minimum Gasteiger partial charge on any atom is -0.497 e. The highest BCUT2D eigenvalue weighted by molar-refractivity contribution is 5.41. The Balaban J connectivity index is 1.62. The first-order valence-corrected chi connectivity index (χ1v) is 7.32. The molecule has 0 saturated carbocycles. The minimum atomic E-state index is -0.608. The fraction of sp³-hybridized carbons (Fsp3) is 0.438. The number of aromatic nitrogens is 2. The number of hydrogen-bond acceptors (Lipinski definition) is 5. The van der Waals surface area contributed by atoms with E-state index in [1.54, 1.807) is 20.4 Å². The Bertz CT molecular complexity index is 609. The Morgan fingerprint density at radius 1 is 1.32 bits per heavy atom. The van der Waals surface area contributed by atoms with Crippen LogP contribution in [0.4, 0.5) is 0 Å².